The van der Waals surface area contributed by atoms with Crippen LogP contribution in [0.3, 0.4) is 0 Å². The van der Waals surface area contributed by atoms with Crippen molar-refractivity contribution in [3.8, 4) is 5.75 Å². The van der Waals surface area contributed by atoms with Crippen LogP contribution in [0, 0.1) is 6.92 Å². The monoisotopic (exact) mass is 233 g/mol. The first-order chi connectivity index (χ1) is 8.26. The predicted octanol–water partition coefficient (Wildman–Crippen LogP) is 2.09. The maximum atomic E-state index is 10.5. The van der Waals surface area contributed by atoms with E-state index in [0.29, 0.717) is 18.4 Å². The van der Waals surface area contributed by atoms with Gasteiger partial charge in [0.05, 0.1) is 13.2 Å². The lowest BCUT2D eigenvalue weighted by Crippen LogP contribution is -2.09. The Kier molecular flexibility index (Phi) is 3.42. The van der Waals surface area contributed by atoms with Crippen LogP contribution in [0.25, 0.3) is 0 Å². The molecule has 90 valence electrons. The third kappa shape index (κ3) is 2.64. The molecule has 2 rings (SSSR count). The largest absolute Gasteiger partial charge is 0.496 e. The molecule has 4 nitrogen and oxygen atoms in total. The first kappa shape index (κ1) is 11.6. The first-order valence-corrected chi connectivity index (χ1v) is 5.58. The zero-order valence-electron chi connectivity index (χ0n) is 9.97. The van der Waals surface area contributed by atoms with E-state index in [0.717, 1.165) is 29.7 Å². The molecule has 1 saturated carbocycles. The van der Waals surface area contributed by atoms with Gasteiger partial charge in [-0.3, -0.25) is 4.79 Å². The standard InChI is InChI=1S/C13H15NO3/c1-9-11(4-3-5-12(9)16-2)13(17-8-15)14-10-6-7-10/h3-5,8,10H,6-7H2,1-2H3. The van der Waals surface area contributed by atoms with Crippen LogP contribution in [-0.2, 0) is 9.53 Å². The van der Waals surface area contributed by atoms with Crippen LogP contribution in [-0.4, -0.2) is 25.5 Å². The lowest BCUT2D eigenvalue weighted by Gasteiger charge is -2.10. The summed E-state index contributed by atoms with van der Waals surface area (Å²) in [6.07, 6.45) is 2.13. The van der Waals surface area contributed by atoms with Crippen molar-refractivity contribution >= 4 is 12.4 Å². The number of carbonyl (C=O) groups excluding carboxylic acids is 1. The summed E-state index contributed by atoms with van der Waals surface area (Å²) in [6, 6.07) is 5.91. The summed E-state index contributed by atoms with van der Waals surface area (Å²) in [5, 5.41) is 0. The number of carbonyl (C=O) groups is 1. The third-order valence-corrected chi connectivity index (χ3v) is 2.74. The summed E-state index contributed by atoms with van der Waals surface area (Å²) in [7, 11) is 1.62. The Balaban J connectivity index is 2.38. The molecule has 0 unspecified atom stereocenters. The van der Waals surface area contributed by atoms with E-state index in [-0.39, 0.29) is 0 Å². The van der Waals surface area contributed by atoms with Gasteiger partial charge in [0.25, 0.3) is 6.47 Å². The van der Waals surface area contributed by atoms with Crippen molar-refractivity contribution in [2.24, 2.45) is 4.99 Å². The molecule has 0 bridgehead atoms. The number of ether oxygens (including phenoxy) is 2. The smallest absolute Gasteiger partial charge is 0.299 e. The predicted molar refractivity (Wildman–Crippen MR) is 64.4 cm³/mol. The number of methoxy groups -OCH3 is 1. The molecule has 0 N–H and O–H groups in total. The lowest BCUT2D eigenvalue weighted by atomic mass is 10.1. The maximum absolute atomic E-state index is 10.5. The molecule has 0 saturated heterocycles. The van der Waals surface area contributed by atoms with Crippen LogP contribution in [0.2, 0.25) is 0 Å². The Morgan fingerprint density at radius 2 is 2.24 bits per heavy atom. The normalized spacial score (nSPS) is 15.5. The molecular weight excluding hydrogens is 218 g/mol. The van der Waals surface area contributed by atoms with Crippen molar-refractivity contribution in [2.45, 2.75) is 25.8 Å². The Hall–Kier alpha value is -1.84. The molecule has 0 heterocycles. The van der Waals surface area contributed by atoms with Crippen molar-refractivity contribution in [2.75, 3.05) is 7.11 Å². The van der Waals surface area contributed by atoms with Crippen LogP contribution in [0.5, 0.6) is 5.75 Å². The molecule has 0 aromatic heterocycles. The van der Waals surface area contributed by atoms with Gasteiger partial charge in [-0.25, -0.2) is 4.99 Å². The van der Waals surface area contributed by atoms with Crippen molar-refractivity contribution in [3.05, 3.63) is 29.3 Å². The molecule has 0 radical (unpaired) electrons. The summed E-state index contributed by atoms with van der Waals surface area (Å²) < 4.78 is 10.2. The Morgan fingerprint density at radius 1 is 1.47 bits per heavy atom. The van der Waals surface area contributed by atoms with E-state index in [1.54, 1.807) is 7.11 Å². The Morgan fingerprint density at radius 3 is 2.82 bits per heavy atom. The highest BCUT2D eigenvalue weighted by Crippen LogP contribution is 2.27. The summed E-state index contributed by atoms with van der Waals surface area (Å²) in [5.41, 5.74) is 1.74. The molecule has 0 spiro atoms. The fourth-order valence-corrected chi connectivity index (χ4v) is 1.65. The van der Waals surface area contributed by atoms with Gasteiger partial charge in [0, 0.05) is 11.1 Å². The molecule has 0 amide bonds. The van der Waals surface area contributed by atoms with Gasteiger partial charge in [-0.05, 0) is 31.9 Å². The molecule has 4 heteroatoms. The third-order valence-electron chi connectivity index (χ3n) is 2.74. The summed E-state index contributed by atoms with van der Waals surface area (Å²) in [5.74, 6) is 1.15. The van der Waals surface area contributed by atoms with Gasteiger partial charge in [-0.15, -0.1) is 0 Å². The SMILES string of the molecule is COc1cccc(C(=NC2CC2)OC=O)c1C. The highest BCUT2D eigenvalue weighted by Gasteiger charge is 2.23. The van der Waals surface area contributed by atoms with E-state index in [2.05, 4.69) is 4.99 Å². The average Bonchev–Trinajstić information content (AvgIpc) is 3.13. The van der Waals surface area contributed by atoms with Gasteiger partial charge in [0.1, 0.15) is 5.75 Å². The fraction of sp³-hybridized carbons (Fsp3) is 0.385. The van der Waals surface area contributed by atoms with Crippen molar-refractivity contribution in [1.82, 2.24) is 0 Å². The van der Waals surface area contributed by atoms with E-state index in [4.69, 9.17) is 9.47 Å². The number of rotatable bonds is 4. The molecule has 1 aliphatic rings. The number of nitrogens with zero attached hydrogens (tertiary/aromatic N) is 1. The second-order valence-corrected chi connectivity index (χ2v) is 4.01. The maximum Gasteiger partial charge on any atom is 0.299 e. The second-order valence-electron chi connectivity index (χ2n) is 4.01. The van der Waals surface area contributed by atoms with Crippen LogP contribution < -0.4 is 4.74 Å². The molecule has 17 heavy (non-hydrogen) atoms. The lowest BCUT2D eigenvalue weighted by molar-refractivity contribution is -0.121. The van der Waals surface area contributed by atoms with E-state index in [1.807, 2.05) is 25.1 Å². The van der Waals surface area contributed by atoms with Gasteiger partial charge >= 0.3 is 0 Å². The minimum absolute atomic E-state index is 0.301. The second kappa shape index (κ2) is 4.99. The average molecular weight is 233 g/mol. The Labute approximate surface area is 100 Å². The molecule has 1 aromatic carbocycles. The zero-order valence-corrected chi connectivity index (χ0v) is 9.97. The number of hydrogen-bond acceptors (Lipinski definition) is 4. The van der Waals surface area contributed by atoms with Crippen LogP contribution >= 0.6 is 0 Å². The van der Waals surface area contributed by atoms with E-state index >= 15 is 0 Å². The van der Waals surface area contributed by atoms with E-state index in [9.17, 15) is 4.79 Å². The molecule has 1 aliphatic carbocycles. The van der Waals surface area contributed by atoms with E-state index in [1.165, 1.54) is 0 Å². The molecule has 0 atom stereocenters. The topological polar surface area (TPSA) is 47.9 Å². The molecular formula is C13H15NO3. The van der Waals surface area contributed by atoms with Crippen molar-refractivity contribution < 1.29 is 14.3 Å². The van der Waals surface area contributed by atoms with Crippen LogP contribution in [0.15, 0.2) is 23.2 Å². The van der Waals surface area contributed by atoms with Crippen LogP contribution in [0.1, 0.15) is 24.0 Å². The minimum atomic E-state index is 0.301. The number of benzene rings is 1. The summed E-state index contributed by atoms with van der Waals surface area (Å²) in [6.45, 7) is 2.34. The quantitative estimate of drug-likeness (QED) is 0.454. The van der Waals surface area contributed by atoms with Gasteiger partial charge in [-0.2, -0.15) is 0 Å². The van der Waals surface area contributed by atoms with Gasteiger partial charge in [-0.1, -0.05) is 6.07 Å². The molecule has 1 aromatic rings. The van der Waals surface area contributed by atoms with Gasteiger partial charge in [0.15, 0.2) is 0 Å². The van der Waals surface area contributed by atoms with E-state index < -0.39 is 0 Å². The van der Waals surface area contributed by atoms with Crippen molar-refractivity contribution in [1.29, 1.82) is 0 Å². The van der Waals surface area contributed by atoms with Crippen molar-refractivity contribution in [3.63, 3.8) is 0 Å². The highest BCUT2D eigenvalue weighted by molar-refractivity contribution is 5.99. The Bertz CT molecular complexity index is 450. The van der Waals surface area contributed by atoms with Gasteiger partial charge in [0.2, 0.25) is 5.90 Å². The highest BCUT2D eigenvalue weighted by atomic mass is 16.5. The van der Waals surface area contributed by atoms with Gasteiger partial charge < -0.3 is 9.47 Å². The minimum Gasteiger partial charge on any atom is -0.496 e. The number of aliphatic imine (C=N–C) groups is 1. The zero-order chi connectivity index (χ0) is 12.3. The summed E-state index contributed by atoms with van der Waals surface area (Å²) >= 11 is 0. The number of hydrogen-bond donors (Lipinski definition) is 0. The molecule has 1 fully saturated rings. The molecule has 0 aliphatic heterocycles. The summed E-state index contributed by atoms with van der Waals surface area (Å²) in [4.78, 5) is 14.9. The van der Waals surface area contributed by atoms with Crippen LogP contribution in [0.4, 0.5) is 0 Å². The fourth-order valence-electron chi connectivity index (χ4n) is 1.65. The first-order valence-electron chi connectivity index (χ1n) is 5.58.